The topological polar surface area (TPSA) is 85.8 Å². The molecule has 0 atom stereocenters. The van der Waals surface area contributed by atoms with Gasteiger partial charge in [-0.3, -0.25) is 4.68 Å². The number of hydrogen-bond donors (Lipinski definition) is 1. The summed E-state index contributed by atoms with van der Waals surface area (Å²) in [6.45, 7) is 7.92. The van der Waals surface area contributed by atoms with Crippen molar-refractivity contribution in [3.8, 4) is 5.69 Å². The zero-order valence-electron chi connectivity index (χ0n) is 12.4. The monoisotopic (exact) mass is 277 g/mol. The van der Waals surface area contributed by atoms with Crippen LogP contribution < -0.4 is 0 Å². The molecule has 0 saturated heterocycles. The van der Waals surface area contributed by atoms with Gasteiger partial charge in [0.05, 0.1) is 11.9 Å². The van der Waals surface area contributed by atoms with E-state index in [1.165, 1.54) is 0 Å². The molecule has 0 spiro atoms. The molecule has 2 aromatic heterocycles. The quantitative estimate of drug-likeness (QED) is 0.920. The second kappa shape index (κ2) is 4.73. The van der Waals surface area contributed by atoms with Gasteiger partial charge < -0.3 is 5.11 Å². The van der Waals surface area contributed by atoms with Crippen LogP contribution in [0, 0.1) is 0 Å². The SMILES string of the molecule is CCc1nn(C)cc1-n1nc(C(=O)O)nc1C(C)(C)C. The molecule has 7 nitrogen and oxygen atoms in total. The number of carbonyl (C=O) groups is 1. The Morgan fingerprint density at radius 2 is 2.00 bits per heavy atom. The summed E-state index contributed by atoms with van der Waals surface area (Å²) in [4.78, 5) is 15.3. The average Bonchev–Trinajstić information content (AvgIpc) is 2.90. The minimum absolute atomic E-state index is 0.194. The standard InChI is InChI=1S/C13H19N5O2/c1-6-8-9(7-17(5)15-8)18-12(13(2,3)4)14-10(16-18)11(19)20/h7H,6H2,1-5H3,(H,19,20). The summed E-state index contributed by atoms with van der Waals surface area (Å²) in [5.74, 6) is -0.713. The molecular formula is C13H19N5O2. The van der Waals surface area contributed by atoms with Gasteiger partial charge in [-0.25, -0.2) is 14.5 Å². The third-order valence-corrected chi connectivity index (χ3v) is 2.92. The summed E-state index contributed by atoms with van der Waals surface area (Å²) >= 11 is 0. The molecular weight excluding hydrogens is 258 g/mol. The van der Waals surface area contributed by atoms with Crippen LogP contribution in [0.4, 0.5) is 0 Å². The molecule has 0 radical (unpaired) electrons. The highest BCUT2D eigenvalue weighted by Gasteiger charge is 2.27. The van der Waals surface area contributed by atoms with E-state index in [0.717, 1.165) is 17.8 Å². The zero-order valence-corrected chi connectivity index (χ0v) is 12.4. The van der Waals surface area contributed by atoms with Crippen molar-refractivity contribution in [3.05, 3.63) is 23.5 Å². The first-order valence-corrected chi connectivity index (χ1v) is 6.47. The Morgan fingerprint density at radius 3 is 2.50 bits per heavy atom. The molecule has 0 aromatic carbocycles. The Bertz CT molecular complexity index is 648. The van der Waals surface area contributed by atoms with E-state index in [9.17, 15) is 4.79 Å². The van der Waals surface area contributed by atoms with Crippen LogP contribution in [0.25, 0.3) is 5.69 Å². The molecule has 0 aliphatic carbocycles. The maximum atomic E-state index is 11.1. The van der Waals surface area contributed by atoms with Crippen molar-refractivity contribution in [3.63, 3.8) is 0 Å². The molecule has 2 heterocycles. The van der Waals surface area contributed by atoms with Crippen LogP contribution in [-0.4, -0.2) is 35.6 Å². The molecule has 7 heteroatoms. The zero-order chi connectivity index (χ0) is 15.1. The number of aromatic nitrogens is 5. The lowest BCUT2D eigenvalue weighted by Crippen LogP contribution is -2.19. The first-order valence-electron chi connectivity index (χ1n) is 6.47. The predicted octanol–water partition coefficient (Wildman–Crippen LogP) is 1.56. The molecule has 0 bridgehead atoms. The van der Waals surface area contributed by atoms with Crippen molar-refractivity contribution in [1.29, 1.82) is 0 Å². The highest BCUT2D eigenvalue weighted by atomic mass is 16.4. The van der Waals surface area contributed by atoms with Gasteiger partial charge in [0.15, 0.2) is 0 Å². The average molecular weight is 277 g/mol. The van der Waals surface area contributed by atoms with Crippen molar-refractivity contribution >= 4 is 5.97 Å². The number of aromatic carboxylic acids is 1. The number of nitrogens with zero attached hydrogens (tertiary/aromatic N) is 5. The van der Waals surface area contributed by atoms with Crippen molar-refractivity contribution in [2.45, 2.75) is 39.5 Å². The minimum atomic E-state index is -1.13. The highest BCUT2D eigenvalue weighted by Crippen LogP contribution is 2.24. The van der Waals surface area contributed by atoms with Gasteiger partial charge in [0, 0.05) is 12.5 Å². The fourth-order valence-electron chi connectivity index (χ4n) is 2.01. The smallest absolute Gasteiger partial charge is 0.375 e. The summed E-state index contributed by atoms with van der Waals surface area (Å²) in [5.41, 5.74) is 1.32. The lowest BCUT2D eigenvalue weighted by molar-refractivity contribution is 0.0683. The van der Waals surface area contributed by atoms with Crippen LogP contribution in [-0.2, 0) is 18.9 Å². The first kappa shape index (κ1) is 14.2. The van der Waals surface area contributed by atoms with Crippen molar-refractivity contribution in [2.75, 3.05) is 0 Å². The minimum Gasteiger partial charge on any atom is -0.475 e. The molecule has 2 aromatic rings. The van der Waals surface area contributed by atoms with Crippen LogP contribution in [0.1, 0.15) is 49.8 Å². The van der Waals surface area contributed by atoms with E-state index < -0.39 is 5.97 Å². The van der Waals surface area contributed by atoms with Gasteiger partial charge >= 0.3 is 5.97 Å². The molecule has 0 unspecified atom stereocenters. The summed E-state index contributed by atoms with van der Waals surface area (Å²) in [6.07, 6.45) is 2.57. The second-order valence-corrected chi connectivity index (χ2v) is 5.71. The van der Waals surface area contributed by atoms with E-state index in [4.69, 9.17) is 5.11 Å². The van der Waals surface area contributed by atoms with Gasteiger partial charge in [0.2, 0.25) is 0 Å². The molecule has 20 heavy (non-hydrogen) atoms. The van der Waals surface area contributed by atoms with Crippen LogP contribution in [0.15, 0.2) is 6.20 Å². The largest absolute Gasteiger partial charge is 0.475 e. The van der Waals surface area contributed by atoms with Gasteiger partial charge in [-0.1, -0.05) is 27.7 Å². The summed E-state index contributed by atoms with van der Waals surface area (Å²) in [7, 11) is 1.83. The first-order chi connectivity index (χ1) is 9.24. The maximum absolute atomic E-state index is 11.1. The van der Waals surface area contributed by atoms with Crippen LogP contribution >= 0.6 is 0 Å². The number of rotatable bonds is 3. The van der Waals surface area contributed by atoms with Gasteiger partial charge in [-0.2, -0.15) is 5.10 Å². The lowest BCUT2D eigenvalue weighted by atomic mass is 9.95. The Morgan fingerprint density at radius 1 is 1.35 bits per heavy atom. The van der Waals surface area contributed by atoms with E-state index in [1.54, 1.807) is 9.36 Å². The third-order valence-electron chi connectivity index (χ3n) is 2.92. The number of hydrogen-bond acceptors (Lipinski definition) is 4. The summed E-state index contributed by atoms with van der Waals surface area (Å²) in [5, 5.41) is 17.6. The van der Waals surface area contributed by atoms with Crippen LogP contribution in [0.5, 0.6) is 0 Å². The van der Waals surface area contributed by atoms with E-state index in [0.29, 0.717) is 5.82 Å². The normalized spacial score (nSPS) is 11.8. The molecule has 0 aliphatic rings. The van der Waals surface area contributed by atoms with Gasteiger partial charge in [-0.15, -0.1) is 5.10 Å². The van der Waals surface area contributed by atoms with Gasteiger partial charge in [0.1, 0.15) is 11.5 Å². The molecule has 1 N–H and O–H groups in total. The Balaban J connectivity index is 2.68. The fraction of sp³-hybridized carbons (Fsp3) is 0.538. The Labute approximate surface area is 117 Å². The molecule has 0 fully saturated rings. The second-order valence-electron chi connectivity index (χ2n) is 5.71. The van der Waals surface area contributed by atoms with E-state index in [-0.39, 0.29) is 11.2 Å². The van der Waals surface area contributed by atoms with Crippen molar-refractivity contribution in [2.24, 2.45) is 7.05 Å². The predicted molar refractivity (Wildman–Crippen MR) is 73.2 cm³/mol. The highest BCUT2D eigenvalue weighted by molar-refractivity contribution is 5.83. The maximum Gasteiger partial charge on any atom is 0.375 e. The Hall–Kier alpha value is -2.18. The van der Waals surface area contributed by atoms with Crippen LogP contribution in [0.3, 0.4) is 0 Å². The van der Waals surface area contributed by atoms with Gasteiger partial charge in [0.25, 0.3) is 5.82 Å². The Kier molecular flexibility index (Phi) is 3.37. The van der Waals surface area contributed by atoms with Crippen molar-refractivity contribution in [1.82, 2.24) is 24.5 Å². The van der Waals surface area contributed by atoms with Crippen molar-refractivity contribution < 1.29 is 9.90 Å². The summed E-state index contributed by atoms with van der Waals surface area (Å²) < 4.78 is 3.29. The molecule has 108 valence electrons. The fourth-order valence-corrected chi connectivity index (χ4v) is 2.01. The molecule has 0 saturated carbocycles. The molecule has 0 aliphatic heterocycles. The van der Waals surface area contributed by atoms with E-state index in [2.05, 4.69) is 15.2 Å². The lowest BCUT2D eigenvalue weighted by Gasteiger charge is -2.17. The summed E-state index contributed by atoms with van der Waals surface area (Å²) in [6, 6.07) is 0. The molecule has 0 amide bonds. The number of aryl methyl sites for hydroxylation is 2. The van der Waals surface area contributed by atoms with E-state index >= 15 is 0 Å². The molecule has 2 rings (SSSR count). The van der Waals surface area contributed by atoms with E-state index in [1.807, 2.05) is 40.9 Å². The number of carboxylic acids is 1. The van der Waals surface area contributed by atoms with Crippen LogP contribution in [0.2, 0.25) is 0 Å². The number of carboxylic acid groups (broad SMARTS) is 1. The third kappa shape index (κ3) is 2.43. The van der Waals surface area contributed by atoms with Gasteiger partial charge in [-0.05, 0) is 6.42 Å².